The Morgan fingerprint density at radius 2 is 2.24 bits per heavy atom. The maximum absolute atomic E-state index is 11.5. The van der Waals surface area contributed by atoms with E-state index in [0.29, 0.717) is 6.42 Å². The molecular formula is C13H20N2O2. The molecule has 0 aliphatic carbocycles. The van der Waals surface area contributed by atoms with E-state index in [1.165, 1.54) is 0 Å². The van der Waals surface area contributed by atoms with Crippen LogP contribution in [-0.4, -0.2) is 17.2 Å². The monoisotopic (exact) mass is 236 g/mol. The molecule has 0 fully saturated rings. The summed E-state index contributed by atoms with van der Waals surface area (Å²) in [5, 5.41) is 11.8. The second-order valence-corrected chi connectivity index (χ2v) is 4.18. The Labute approximate surface area is 102 Å². The molecule has 0 aromatic heterocycles. The molecular weight excluding hydrogens is 216 g/mol. The van der Waals surface area contributed by atoms with Crippen molar-refractivity contribution < 1.29 is 10.0 Å². The normalized spacial score (nSPS) is 11.9. The van der Waals surface area contributed by atoms with E-state index in [1.54, 1.807) is 5.48 Å². The van der Waals surface area contributed by atoms with Crippen LogP contribution in [0.3, 0.4) is 0 Å². The van der Waals surface area contributed by atoms with Gasteiger partial charge in [-0.1, -0.05) is 31.9 Å². The highest BCUT2D eigenvalue weighted by molar-refractivity contribution is 5.83. The van der Waals surface area contributed by atoms with Gasteiger partial charge in [0.1, 0.15) is 6.04 Å². The molecule has 0 saturated heterocycles. The number of aryl methyl sites for hydroxylation is 1. The molecule has 4 heteroatoms. The lowest BCUT2D eigenvalue weighted by Crippen LogP contribution is -2.38. The number of hydrogen-bond acceptors (Lipinski definition) is 3. The fourth-order valence-corrected chi connectivity index (χ4v) is 1.69. The number of amides is 1. The summed E-state index contributed by atoms with van der Waals surface area (Å²) in [4.78, 5) is 11.5. The summed E-state index contributed by atoms with van der Waals surface area (Å²) in [6, 6.07) is 7.44. The first-order valence-corrected chi connectivity index (χ1v) is 5.94. The van der Waals surface area contributed by atoms with Crippen molar-refractivity contribution in [1.82, 2.24) is 5.48 Å². The van der Waals surface area contributed by atoms with Crippen molar-refractivity contribution in [3.63, 3.8) is 0 Å². The van der Waals surface area contributed by atoms with Gasteiger partial charge in [-0.25, -0.2) is 5.48 Å². The van der Waals surface area contributed by atoms with Crippen molar-refractivity contribution in [3.8, 4) is 0 Å². The first-order valence-electron chi connectivity index (χ1n) is 5.94. The number of carbonyl (C=O) groups is 1. The lowest BCUT2D eigenvalue weighted by atomic mass is 10.1. The summed E-state index contributed by atoms with van der Waals surface area (Å²) in [5.41, 5.74) is 3.74. The lowest BCUT2D eigenvalue weighted by Gasteiger charge is -2.17. The third-order valence-corrected chi connectivity index (χ3v) is 2.63. The van der Waals surface area contributed by atoms with Gasteiger partial charge >= 0.3 is 0 Å². The topological polar surface area (TPSA) is 61.4 Å². The van der Waals surface area contributed by atoms with Gasteiger partial charge in [-0.3, -0.25) is 10.0 Å². The first kappa shape index (κ1) is 13.5. The van der Waals surface area contributed by atoms with Crippen molar-refractivity contribution in [2.24, 2.45) is 0 Å². The lowest BCUT2D eigenvalue weighted by molar-refractivity contribution is -0.130. The smallest absolute Gasteiger partial charge is 0.265 e. The molecule has 17 heavy (non-hydrogen) atoms. The first-order chi connectivity index (χ1) is 8.17. The van der Waals surface area contributed by atoms with E-state index in [9.17, 15) is 4.79 Å². The Morgan fingerprint density at radius 1 is 1.47 bits per heavy atom. The largest absolute Gasteiger partial charge is 0.374 e. The molecule has 94 valence electrons. The van der Waals surface area contributed by atoms with Crippen LogP contribution in [0.15, 0.2) is 24.3 Å². The van der Waals surface area contributed by atoms with Crippen molar-refractivity contribution in [2.75, 3.05) is 5.32 Å². The van der Waals surface area contributed by atoms with E-state index in [0.717, 1.165) is 24.1 Å². The van der Waals surface area contributed by atoms with Crippen LogP contribution in [0.4, 0.5) is 5.69 Å². The van der Waals surface area contributed by atoms with Gasteiger partial charge < -0.3 is 5.32 Å². The molecule has 1 atom stereocenters. The van der Waals surface area contributed by atoms with Gasteiger partial charge in [0, 0.05) is 5.69 Å². The number of hydroxylamine groups is 1. The number of unbranched alkanes of at least 4 members (excludes halogenated alkanes) is 1. The number of anilines is 1. The Hall–Kier alpha value is -1.55. The third-order valence-electron chi connectivity index (χ3n) is 2.63. The van der Waals surface area contributed by atoms with Crippen LogP contribution in [0.25, 0.3) is 0 Å². The number of carbonyl (C=O) groups excluding carboxylic acids is 1. The summed E-state index contributed by atoms with van der Waals surface area (Å²) < 4.78 is 0. The van der Waals surface area contributed by atoms with Crippen LogP contribution in [0, 0.1) is 6.92 Å². The minimum absolute atomic E-state index is 0.387. The molecule has 0 aliphatic rings. The molecule has 1 unspecified atom stereocenters. The zero-order valence-electron chi connectivity index (χ0n) is 10.4. The summed E-state index contributed by atoms with van der Waals surface area (Å²) in [5.74, 6) is -0.389. The molecule has 4 nitrogen and oxygen atoms in total. The standard InChI is InChI=1S/C13H20N2O2/c1-3-4-8-12(13(16)15-17)14-11-7-5-6-10(2)9-11/h5-7,9,12,14,17H,3-4,8H2,1-2H3,(H,15,16). The van der Waals surface area contributed by atoms with E-state index < -0.39 is 0 Å². The third kappa shape index (κ3) is 4.44. The molecule has 0 saturated carbocycles. The van der Waals surface area contributed by atoms with Crippen molar-refractivity contribution in [3.05, 3.63) is 29.8 Å². The molecule has 0 heterocycles. The Morgan fingerprint density at radius 3 is 2.82 bits per heavy atom. The molecule has 0 radical (unpaired) electrons. The second kappa shape index (κ2) is 6.91. The number of nitrogens with one attached hydrogen (secondary N) is 2. The quantitative estimate of drug-likeness (QED) is 0.525. The van der Waals surface area contributed by atoms with Gasteiger partial charge in [0.2, 0.25) is 0 Å². The maximum atomic E-state index is 11.5. The zero-order valence-corrected chi connectivity index (χ0v) is 10.4. The van der Waals surface area contributed by atoms with Gasteiger partial charge in [-0.2, -0.15) is 0 Å². The van der Waals surface area contributed by atoms with Crippen molar-refractivity contribution >= 4 is 11.6 Å². The molecule has 0 bridgehead atoms. The summed E-state index contributed by atoms with van der Waals surface area (Å²) >= 11 is 0. The molecule has 3 N–H and O–H groups in total. The molecule has 0 aliphatic heterocycles. The molecule has 1 amide bonds. The van der Waals surface area contributed by atoms with Crippen molar-refractivity contribution in [1.29, 1.82) is 0 Å². The highest BCUT2D eigenvalue weighted by atomic mass is 16.5. The number of benzene rings is 1. The highest BCUT2D eigenvalue weighted by Crippen LogP contribution is 2.13. The van der Waals surface area contributed by atoms with Crippen LogP contribution in [-0.2, 0) is 4.79 Å². The Bertz CT molecular complexity index is 366. The summed E-state index contributed by atoms with van der Waals surface area (Å²) in [7, 11) is 0. The molecule has 1 aromatic carbocycles. The number of rotatable bonds is 6. The van der Waals surface area contributed by atoms with Crippen LogP contribution in [0.5, 0.6) is 0 Å². The molecule has 1 rings (SSSR count). The number of hydrogen-bond donors (Lipinski definition) is 3. The van der Waals surface area contributed by atoms with Gasteiger partial charge in [0.25, 0.3) is 5.91 Å². The average molecular weight is 236 g/mol. The van der Waals surface area contributed by atoms with Crippen LogP contribution in [0.1, 0.15) is 31.7 Å². The highest BCUT2D eigenvalue weighted by Gasteiger charge is 2.16. The van der Waals surface area contributed by atoms with Gasteiger partial charge in [-0.05, 0) is 31.0 Å². The fourth-order valence-electron chi connectivity index (χ4n) is 1.69. The van der Waals surface area contributed by atoms with Gasteiger partial charge in [0.15, 0.2) is 0 Å². The summed E-state index contributed by atoms with van der Waals surface area (Å²) in [6.07, 6.45) is 2.67. The molecule has 0 spiro atoms. The fraction of sp³-hybridized carbons (Fsp3) is 0.462. The van der Waals surface area contributed by atoms with Gasteiger partial charge in [0.05, 0.1) is 0 Å². The minimum Gasteiger partial charge on any atom is -0.374 e. The van der Waals surface area contributed by atoms with Crippen LogP contribution >= 0.6 is 0 Å². The van der Waals surface area contributed by atoms with E-state index in [-0.39, 0.29) is 11.9 Å². The SMILES string of the molecule is CCCCC(Nc1cccc(C)c1)C(=O)NO. The Kier molecular flexibility index (Phi) is 5.49. The predicted molar refractivity (Wildman–Crippen MR) is 68.0 cm³/mol. The predicted octanol–water partition coefficient (Wildman–Crippen LogP) is 2.47. The Balaban J connectivity index is 2.68. The zero-order chi connectivity index (χ0) is 12.7. The molecule has 1 aromatic rings. The van der Waals surface area contributed by atoms with E-state index in [1.807, 2.05) is 31.2 Å². The van der Waals surface area contributed by atoms with E-state index in [2.05, 4.69) is 12.2 Å². The minimum atomic E-state index is -0.389. The summed E-state index contributed by atoms with van der Waals surface area (Å²) in [6.45, 7) is 4.07. The maximum Gasteiger partial charge on any atom is 0.265 e. The van der Waals surface area contributed by atoms with E-state index >= 15 is 0 Å². The van der Waals surface area contributed by atoms with E-state index in [4.69, 9.17) is 5.21 Å². The van der Waals surface area contributed by atoms with Crippen molar-refractivity contribution in [2.45, 2.75) is 39.2 Å². The van der Waals surface area contributed by atoms with Crippen LogP contribution in [0.2, 0.25) is 0 Å². The van der Waals surface area contributed by atoms with Crippen LogP contribution < -0.4 is 10.8 Å². The average Bonchev–Trinajstić information content (AvgIpc) is 2.33. The second-order valence-electron chi connectivity index (χ2n) is 4.18. The van der Waals surface area contributed by atoms with Gasteiger partial charge in [-0.15, -0.1) is 0 Å².